The summed E-state index contributed by atoms with van der Waals surface area (Å²) in [7, 11) is -3.71. The monoisotopic (exact) mass is 275 g/mol. The van der Waals surface area contributed by atoms with Crippen LogP contribution in [0.25, 0.3) is 0 Å². The molecule has 0 aliphatic heterocycles. The number of rotatable bonds is 4. The number of hydrogen-bond acceptors (Lipinski definition) is 6. The van der Waals surface area contributed by atoms with Gasteiger partial charge in [0.05, 0.1) is 10.6 Å². The standard InChI is InChI=1S/C10H11N3O4S/c1-7-6-10(12-17-7)13-18(15,16)9-4-2-8(11-14)3-5-9/h2-6,11,14H,1H3,(H,12,13)/i2+1,3+1,4+1,5+1,8+1,9+1. The van der Waals surface area contributed by atoms with Gasteiger partial charge in [-0.25, -0.2) is 8.42 Å². The van der Waals surface area contributed by atoms with Crippen molar-refractivity contribution in [2.24, 2.45) is 0 Å². The van der Waals surface area contributed by atoms with Gasteiger partial charge in [0.25, 0.3) is 10.0 Å². The zero-order valence-corrected chi connectivity index (χ0v) is 10.2. The van der Waals surface area contributed by atoms with E-state index < -0.39 is 10.0 Å². The van der Waals surface area contributed by atoms with Crippen LogP contribution in [0.15, 0.2) is 39.8 Å². The maximum atomic E-state index is 11.9. The lowest BCUT2D eigenvalue weighted by Crippen LogP contribution is -2.13. The molecule has 18 heavy (non-hydrogen) atoms. The van der Waals surface area contributed by atoms with Crippen molar-refractivity contribution < 1.29 is 18.1 Å². The third-order valence-corrected chi connectivity index (χ3v) is 3.53. The Bertz CT molecular complexity index is 633. The molecule has 3 N–H and O–H groups in total. The van der Waals surface area contributed by atoms with Gasteiger partial charge in [-0.2, -0.15) is 0 Å². The number of hydrogen-bond donors (Lipinski definition) is 3. The molecule has 0 aliphatic rings. The van der Waals surface area contributed by atoms with E-state index in [-0.39, 0.29) is 10.7 Å². The fourth-order valence-electron chi connectivity index (χ4n) is 1.32. The molecule has 0 saturated carbocycles. The van der Waals surface area contributed by atoms with Gasteiger partial charge in [0, 0.05) is 6.07 Å². The number of benzene rings is 1. The Balaban J connectivity index is 2.24. The SMILES string of the molecule is Cc1cc(NS(=O)(=O)[13c]2[13cH][13cH][13c](NO)[13cH][13cH]2)no1. The molecule has 0 radical (unpaired) electrons. The van der Waals surface area contributed by atoms with Crippen molar-refractivity contribution in [2.75, 3.05) is 10.2 Å². The highest BCUT2D eigenvalue weighted by molar-refractivity contribution is 7.92. The van der Waals surface area contributed by atoms with E-state index in [1.807, 2.05) is 5.48 Å². The summed E-state index contributed by atoms with van der Waals surface area (Å²) in [5.41, 5.74) is 2.31. The van der Waals surface area contributed by atoms with E-state index in [2.05, 4.69) is 9.88 Å². The molecule has 96 valence electrons. The predicted molar refractivity (Wildman–Crippen MR) is 63.9 cm³/mol. The molecule has 1 aromatic carbocycles. The first kappa shape index (κ1) is 12.4. The molecule has 0 spiro atoms. The second-order valence-electron chi connectivity index (χ2n) is 3.56. The molecular formula is C10H11N3O4S. The lowest BCUT2D eigenvalue weighted by atomic mass is 10.5. The molecule has 2 rings (SSSR count). The lowest BCUT2D eigenvalue weighted by Gasteiger charge is -2.05. The predicted octanol–water partition coefficient (Wildman–Crippen LogP) is 1.58. The Morgan fingerprint density at radius 1 is 1.28 bits per heavy atom. The van der Waals surface area contributed by atoms with Crippen LogP contribution in [0.4, 0.5) is 11.5 Å². The highest BCUT2D eigenvalue weighted by atomic mass is 32.2. The summed E-state index contributed by atoms with van der Waals surface area (Å²) in [6.07, 6.45) is 0. The lowest BCUT2D eigenvalue weighted by molar-refractivity contribution is 0.389. The fraction of sp³-hybridized carbons (Fsp3) is 0.100. The van der Waals surface area contributed by atoms with E-state index in [0.717, 1.165) is 0 Å². The number of nitrogens with one attached hydrogen (secondary N) is 2. The average molecular weight is 275 g/mol. The van der Waals surface area contributed by atoms with Crippen LogP contribution in [-0.2, 0) is 10.0 Å². The van der Waals surface area contributed by atoms with Gasteiger partial charge in [0.2, 0.25) is 0 Å². The van der Waals surface area contributed by atoms with Crippen molar-refractivity contribution in [1.29, 1.82) is 0 Å². The summed E-state index contributed by atoms with van der Waals surface area (Å²) in [5, 5.41) is 12.2. The zero-order chi connectivity index (χ0) is 13.2. The van der Waals surface area contributed by atoms with E-state index in [0.29, 0.717) is 11.4 Å². The third kappa shape index (κ3) is 2.60. The molecule has 0 fully saturated rings. The summed E-state index contributed by atoms with van der Waals surface area (Å²) in [5.74, 6) is 0.629. The first-order valence-electron chi connectivity index (χ1n) is 4.97. The molecule has 1 heterocycles. The highest BCUT2D eigenvalue weighted by Gasteiger charge is 2.15. The second-order valence-corrected chi connectivity index (χ2v) is 5.25. The zero-order valence-electron chi connectivity index (χ0n) is 9.41. The summed E-state index contributed by atoms with van der Waals surface area (Å²) < 4.78 is 30.9. The number of sulfonamides is 1. The van der Waals surface area contributed by atoms with Crippen LogP contribution in [0, 0.1) is 6.92 Å². The van der Waals surface area contributed by atoms with Gasteiger partial charge < -0.3 is 4.52 Å². The number of aromatic nitrogens is 1. The van der Waals surface area contributed by atoms with Crippen molar-refractivity contribution in [3.8, 4) is 0 Å². The molecule has 1 aromatic heterocycles. The maximum Gasteiger partial charge on any atom is 0.263 e. The minimum atomic E-state index is -3.71. The summed E-state index contributed by atoms with van der Waals surface area (Å²) in [6.45, 7) is 1.66. The first-order chi connectivity index (χ1) is 8.51. The van der Waals surface area contributed by atoms with Crippen LogP contribution in [0.3, 0.4) is 0 Å². The Labute approximate surface area is 103 Å². The minimum Gasteiger partial charge on any atom is -0.360 e. The quantitative estimate of drug-likeness (QED) is 0.732. The topological polar surface area (TPSA) is 104 Å². The molecule has 8 heteroatoms. The van der Waals surface area contributed by atoms with Crippen LogP contribution in [0.5, 0.6) is 0 Å². The summed E-state index contributed by atoms with van der Waals surface area (Å²) in [4.78, 5) is 0.0575. The Morgan fingerprint density at radius 3 is 2.44 bits per heavy atom. The Hall–Kier alpha value is -2.06. The fourth-order valence-corrected chi connectivity index (χ4v) is 2.30. The van der Waals surface area contributed by atoms with Crippen molar-refractivity contribution >= 4 is 21.5 Å². The molecule has 0 atom stereocenters. The summed E-state index contributed by atoms with van der Waals surface area (Å²) in [6, 6.07) is 7.05. The molecule has 0 saturated heterocycles. The molecule has 0 aliphatic carbocycles. The molecule has 0 bridgehead atoms. The summed E-state index contributed by atoms with van der Waals surface area (Å²) >= 11 is 0. The highest BCUT2D eigenvalue weighted by Crippen LogP contribution is 2.17. The molecule has 7 nitrogen and oxygen atoms in total. The normalized spacial score (nSPS) is 11.2. The number of aryl methyl sites for hydroxylation is 1. The Morgan fingerprint density at radius 2 is 1.94 bits per heavy atom. The van der Waals surface area contributed by atoms with Gasteiger partial charge in [0.15, 0.2) is 5.82 Å². The van der Waals surface area contributed by atoms with Crippen molar-refractivity contribution in [3.05, 3.63) is 36.1 Å². The van der Waals surface area contributed by atoms with E-state index in [9.17, 15) is 8.42 Å². The van der Waals surface area contributed by atoms with Crippen LogP contribution in [-0.4, -0.2) is 18.8 Å². The third-order valence-electron chi connectivity index (χ3n) is 2.16. The average Bonchev–Trinajstić information content (AvgIpc) is 2.74. The number of anilines is 2. The first-order valence-corrected chi connectivity index (χ1v) is 6.46. The molecule has 0 amide bonds. The Kier molecular flexibility index (Phi) is 3.21. The minimum absolute atomic E-state index is 0.0575. The van der Waals surface area contributed by atoms with E-state index in [4.69, 9.17) is 9.73 Å². The van der Waals surface area contributed by atoms with Crippen molar-refractivity contribution in [2.45, 2.75) is 11.8 Å². The largest absolute Gasteiger partial charge is 0.360 e. The molecule has 2 aromatic rings. The van der Waals surface area contributed by atoms with E-state index in [1.54, 1.807) is 6.92 Å². The van der Waals surface area contributed by atoms with E-state index >= 15 is 0 Å². The maximum absolute atomic E-state index is 11.9. The smallest absolute Gasteiger partial charge is 0.263 e. The van der Waals surface area contributed by atoms with Crippen molar-refractivity contribution in [1.82, 2.24) is 5.16 Å². The van der Waals surface area contributed by atoms with Gasteiger partial charge in [-0.15, -0.1) is 0 Å². The van der Waals surface area contributed by atoms with E-state index in [1.165, 1.54) is 30.3 Å². The van der Waals surface area contributed by atoms with Crippen LogP contribution < -0.4 is 10.2 Å². The number of nitrogens with zero attached hydrogens (tertiary/aromatic N) is 1. The van der Waals surface area contributed by atoms with Gasteiger partial charge >= 0.3 is 0 Å². The van der Waals surface area contributed by atoms with Gasteiger partial charge in [-0.3, -0.25) is 15.4 Å². The second kappa shape index (κ2) is 4.67. The van der Waals surface area contributed by atoms with Crippen LogP contribution >= 0.6 is 0 Å². The van der Waals surface area contributed by atoms with Crippen molar-refractivity contribution in [3.63, 3.8) is 0 Å². The molecular weight excluding hydrogens is 264 g/mol. The van der Waals surface area contributed by atoms with Crippen LogP contribution in [0.2, 0.25) is 0 Å². The molecule has 0 unspecified atom stereocenters. The van der Waals surface area contributed by atoms with Gasteiger partial charge in [-0.05, 0) is 31.2 Å². The van der Waals surface area contributed by atoms with Gasteiger partial charge in [-0.1, -0.05) is 5.16 Å². The van der Waals surface area contributed by atoms with Gasteiger partial charge in [0.1, 0.15) is 5.76 Å². The van der Waals surface area contributed by atoms with Crippen LogP contribution in [0.1, 0.15) is 5.76 Å².